The normalized spacial score (nSPS) is 27.6. The molecule has 2 fully saturated rings. The molecule has 8 nitrogen and oxygen atoms in total. The topological polar surface area (TPSA) is 105 Å². The third-order valence-corrected chi connectivity index (χ3v) is 7.00. The van der Waals surface area contributed by atoms with E-state index in [-0.39, 0.29) is 37.3 Å². The van der Waals surface area contributed by atoms with E-state index < -0.39 is 18.1 Å². The van der Waals surface area contributed by atoms with Crippen molar-refractivity contribution in [3.05, 3.63) is 29.8 Å². The molecule has 180 valence electrons. The molecular weight excluding hydrogens is 424 g/mol. The summed E-state index contributed by atoms with van der Waals surface area (Å²) < 4.78 is 11.6. The Morgan fingerprint density at radius 2 is 1.94 bits per heavy atom. The molecule has 3 atom stereocenters. The van der Waals surface area contributed by atoms with Crippen molar-refractivity contribution in [3.63, 3.8) is 0 Å². The summed E-state index contributed by atoms with van der Waals surface area (Å²) in [7, 11) is 0. The second kappa shape index (κ2) is 11.0. The van der Waals surface area contributed by atoms with Crippen molar-refractivity contribution >= 4 is 17.8 Å². The minimum absolute atomic E-state index is 0.193. The van der Waals surface area contributed by atoms with Gasteiger partial charge in [-0.3, -0.25) is 9.59 Å². The lowest BCUT2D eigenvalue weighted by Gasteiger charge is -2.31. The van der Waals surface area contributed by atoms with Crippen LogP contribution in [-0.4, -0.2) is 65.7 Å². The Labute approximate surface area is 194 Å². The fourth-order valence-corrected chi connectivity index (χ4v) is 5.26. The van der Waals surface area contributed by atoms with Gasteiger partial charge in [0.15, 0.2) is 0 Å². The fraction of sp³-hybridized carbons (Fsp3) is 0.640. The van der Waals surface area contributed by atoms with E-state index in [9.17, 15) is 19.5 Å². The summed E-state index contributed by atoms with van der Waals surface area (Å²) in [5, 5.41) is 12.7. The molecule has 0 radical (unpaired) electrons. The van der Waals surface area contributed by atoms with E-state index in [0.29, 0.717) is 37.7 Å². The van der Waals surface area contributed by atoms with E-state index >= 15 is 0 Å². The molecule has 1 saturated carbocycles. The van der Waals surface area contributed by atoms with Gasteiger partial charge in [0.2, 0.25) is 11.8 Å². The molecule has 1 aromatic carbocycles. The quantitative estimate of drug-likeness (QED) is 0.721. The molecule has 2 amide bonds. The lowest BCUT2D eigenvalue weighted by atomic mass is 9.84. The summed E-state index contributed by atoms with van der Waals surface area (Å²) in [5.74, 6) is -0.461. The number of rotatable bonds is 3. The van der Waals surface area contributed by atoms with Crippen molar-refractivity contribution in [1.29, 1.82) is 0 Å². The predicted molar refractivity (Wildman–Crippen MR) is 121 cm³/mol. The number of aliphatic carboxylic acids is 1. The number of nitrogens with zero attached hydrogens (tertiary/aromatic N) is 1. The number of nitrogens with one attached hydrogen (secondary N) is 1. The van der Waals surface area contributed by atoms with E-state index in [1.165, 1.54) is 11.3 Å². The molecule has 8 heteroatoms. The number of hydrogen-bond acceptors (Lipinski definition) is 5. The molecule has 1 saturated heterocycles. The van der Waals surface area contributed by atoms with Crippen LogP contribution in [0.4, 0.5) is 0 Å². The smallest absolute Gasteiger partial charge is 0.326 e. The van der Waals surface area contributed by atoms with Gasteiger partial charge in [0.05, 0.1) is 12.7 Å². The molecule has 0 unspecified atom stereocenters. The highest BCUT2D eigenvalue weighted by molar-refractivity contribution is 5.91. The molecule has 2 N–H and O–H groups in total. The average Bonchev–Trinajstić information content (AvgIpc) is 3.25. The van der Waals surface area contributed by atoms with Gasteiger partial charge < -0.3 is 24.8 Å². The van der Waals surface area contributed by atoms with Crippen molar-refractivity contribution in [2.45, 2.75) is 76.0 Å². The van der Waals surface area contributed by atoms with E-state index in [0.717, 1.165) is 31.2 Å². The SMILES string of the molecule is O=C1CCc2cccc(c2)OCCO[C@@H]2C[C@@H](C(=O)O)N(C2)C(=O)[C@H](CC2CCCCC2)N1. The summed E-state index contributed by atoms with van der Waals surface area (Å²) in [6, 6.07) is 5.98. The van der Waals surface area contributed by atoms with Gasteiger partial charge in [0.1, 0.15) is 24.4 Å². The maximum atomic E-state index is 13.5. The monoisotopic (exact) mass is 458 g/mol. The van der Waals surface area contributed by atoms with Crippen LogP contribution < -0.4 is 10.1 Å². The van der Waals surface area contributed by atoms with E-state index in [2.05, 4.69) is 5.32 Å². The Kier molecular flexibility index (Phi) is 7.85. The zero-order chi connectivity index (χ0) is 23.2. The van der Waals surface area contributed by atoms with Crippen LogP contribution in [0.3, 0.4) is 0 Å². The molecule has 0 aromatic heterocycles. The molecule has 4 bridgehead atoms. The first-order valence-electron chi connectivity index (χ1n) is 12.2. The number of benzene rings is 1. The number of carboxylic acid groups (broad SMARTS) is 1. The molecule has 4 rings (SSSR count). The van der Waals surface area contributed by atoms with Crippen molar-refractivity contribution in [2.24, 2.45) is 5.92 Å². The number of carboxylic acids is 1. The number of hydrogen-bond donors (Lipinski definition) is 2. The number of carbonyl (C=O) groups excluding carboxylic acids is 2. The largest absolute Gasteiger partial charge is 0.491 e. The number of ether oxygens (including phenoxy) is 2. The third kappa shape index (κ3) is 6.25. The number of amides is 2. The highest BCUT2D eigenvalue weighted by atomic mass is 16.5. The first kappa shape index (κ1) is 23.5. The van der Waals surface area contributed by atoms with Crippen LogP contribution in [0, 0.1) is 5.92 Å². The number of carbonyl (C=O) groups is 3. The first-order valence-corrected chi connectivity index (χ1v) is 12.2. The third-order valence-electron chi connectivity index (χ3n) is 7.00. The molecule has 0 spiro atoms. The molecule has 2 aliphatic heterocycles. The molecule has 1 aromatic rings. The van der Waals surface area contributed by atoms with Gasteiger partial charge in [-0.15, -0.1) is 0 Å². The minimum atomic E-state index is -1.04. The average molecular weight is 459 g/mol. The van der Waals surface area contributed by atoms with E-state index in [1.54, 1.807) is 0 Å². The van der Waals surface area contributed by atoms with Crippen molar-refractivity contribution in [1.82, 2.24) is 10.2 Å². The van der Waals surface area contributed by atoms with Crippen LogP contribution in [0.2, 0.25) is 0 Å². The van der Waals surface area contributed by atoms with Crippen LogP contribution in [0.1, 0.15) is 56.9 Å². The van der Waals surface area contributed by atoms with Crippen molar-refractivity contribution < 1.29 is 29.0 Å². The standard InChI is InChI=1S/C25H34N2O6/c28-23-10-9-18-7-4-8-19(13-18)32-11-12-33-20-15-22(25(30)31)27(16-20)24(29)21(26-23)14-17-5-2-1-3-6-17/h4,7-8,13,17,20-22H,1-3,5-6,9-12,14-16H2,(H,26,28)(H,30,31)/t20-,21+,22+/m1/s1. The van der Waals surface area contributed by atoms with Gasteiger partial charge in [0.25, 0.3) is 0 Å². The summed E-state index contributed by atoms with van der Waals surface area (Å²) in [6.45, 7) is 0.851. The summed E-state index contributed by atoms with van der Waals surface area (Å²) in [4.78, 5) is 39.7. The number of fused-ring (bicyclic) bond motifs is 4. The van der Waals surface area contributed by atoms with Gasteiger partial charge in [-0.2, -0.15) is 0 Å². The lowest BCUT2D eigenvalue weighted by molar-refractivity contribution is -0.149. The van der Waals surface area contributed by atoms with Gasteiger partial charge in [0, 0.05) is 19.4 Å². The van der Waals surface area contributed by atoms with Crippen LogP contribution >= 0.6 is 0 Å². The molecule has 1 aliphatic carbocycles. The van der Waals surface area contributed by atoms with Crippen LogP contribution in [0.15, 0.2) is 24.3 Å². The van der Waals surface area contributed by atoms with Crippen LogP contribution in [0.25, 0.3) is 0 Å². The Bertz CT molecular complexity index is 853. The number of aryl methyl sites for hydroxylation is 1. The van der Waals surface area contributed by atoms with Crippen molar-refractivity contribution in [2.75, 3.05) is 19.8 Å². The molecule has 33 heavy (non-hydrogen) atoms. The second-order valence-electron chi connectivity index (χ2n) is 9.43. The Hall–Kier alpha value is -2.61. The van der Waals surface area contributed by atoms with E-state index in [4.69, 9.17) is 9.47 Å². The minimum Gasteiger partial charge on any atom is -0.491 e. The van der Waals surface area contributed by atoms with Gasteiger partial charge in [-0.1, -0.05) is 44.2 Å². The predicted octanol–water partition coefficient (Wildman–Crippen LogP) is 2.54. The maximum Gasteiger partial charge on any atom is 0.326 e. The second-order valence-corrected chi connectivity index (χ2v) is 9.43. The summed E-state index contributed by atoms with van der Waals surface area (Å²) in [5.41, 5.74) is 0.987. The van der Waals surface area contributed by atoms with Crippen LogP contribution in [-0.2, 0) is 25.5 Å². The Balaban J connectivity index is 1.55. The lowest BCUT2D eigenvalue weighted by Crippen LogP contribution is -2.52. The van der Waals surface area contributed by atoms with Crippen LogP contribution in [0.5, 0.6) is 5.75 Å². The fourth-order valence-electron chi connectivity index (χ4n) is 5.26. The maximum absolute atomic E-state index is 13.5. The molecule has 3 aliphatic rings. The molecular formula is C25H34N2O6. The molecule has 2 heterocycles. The Morgan fingerprint density at radius 3 is 2.73 bits per heavy atom. The van der Waals surface area contributed by atoms with Crippen molar-refractivity contribution in [3.8, 4) is 5.75 Å². The van der Waals surface area contributed by atoms with E-state index in [1.807, 2.05) is 24.3 Å². The van der Waals surface area contributed by atoms with Gasteiger partial charge in [-0.25, -0.2) is 4.79 Å². The zero-order valence-electron chi connectivity index (χ0n) is 19.0. The zero-order valence-corrected chi connectivity index (χ0v) is 19.0. The summed E-state index contributed by atoms with van der Waals surface area (Å²) in [6.07, 6.45) is 6.77. The Morgan fingerprint density at radius 1 is 1.12 bits per heavy atom. The highest BCUT2D eigenvalue weighted by Crippen LogP contribution is 2.29. The first-order chi connectivity index (χ1) is 16.0. The highest BCUT2D eigenvalue weighted by Gasteiger charge is 2.43. The van der Waals surface area contributed by atoms with Gasteiger partial charge >= 0.3 is 5.97 Å². The van der Waals surface area contributed by atoms with Gasteiger partial charge in [-0.05, 0) is 36.5 Å². The summed E-state index contributed by atoms with van der Waals surface area (Å²) >= 11 is 0.